The fourth-order valence-corrected chi connectivity index (χ4v) is 3.39. The number of nitrogens with one attached hydrogen (secondary N) is 1. The maximum absolute atomic E-state index is 13.4. The highest BCUT2D eigenvalue weighted by atomic mass is 16.5. The minimum absolute atomic E-state index is 0.00620. The fourth-order valence-electron chi connectivity index (χ4n) is 3.39. The number of hydroxylamine groups is 1. The zero-order valence-electron chi connectivity index (χ0n) is 15.5. The van der Waals surface area contributed by atoms with Crippen molar-refractivity contribution < 1.29 is 19.3 Å². The van der Waals surface area contributed by atoms with Crippen LogP contribution < -0.4 is 5.48 Å². The average Bonchev–Trinajstić information content (AvgIpc) is 3.21. The minimum atomic E-state index is -0.757. The van der Waals surface area contributed by atoms with Gasteiger partial charge in [-0.1, -0.05) is 65.8 Å². The zero-order valence-corrected chi connectivity index (χ0v) is 15.5. The number of hydrogen-bond acceptors (Lipinski definition) is 5. The Labute approximate surface area is 167 Å². The molecule has 1 aliphatic rings. The third-order valence-corrected chi connectivity index (χ3v) is 4.86. The summed E-state index contributed by atoms with van der Waals surface area (Å²) >= 11 is 0. The smallest absolute Gasteiger partial charge is 0.297 e. The van der Waals surface area contributed by atoms with Crippen molar-refractivity contribution in [1.82, 2.24) is 15.5 Å². The molecule has 1 aromatic heterocycles. The summed E-state index contributed by atoms with van der Waals surface area (Å²) < 4.78 is 5.20. The summed E-state index contributed by atoms with van der Waals surface area (Å²) in [5, 5.41) is 12.6. The largest absolute Gasteiger partial charge is 0.360 e. The summed E-state index contributed by atoms with van der Waals surface area (Å²) in [6.07, 6.45) is 2.31. The third-order valence-electron chi connectivity index (χ3n) is 4.86. The summed E-state index contributed by atoms with van der Waals surface area (Å²) in [6.45, 7) is 0.625. The number of hydrogen-bond donors (Lipinski definition) is 2. The molecule has 1 aliphatic heterocycles. The van der Waals surface area contributed by atoms with E-state index in [0.29, 0.717) is 29.9 Å². The quantitative estimate of drug-likeness (QED) is 0.310. The van der Waals surface area contributed by atoms with Crippen molar-refractivity contribution >= 4 is 23.5 Å². The third kappa shape index (κ3) is 3.81. The van der Waals surface area contributed by atoms with E-state index in [4.69, 9.17) is 9.73 Å². The number of benzene rings is 2. The molecule has 2 N–H and O–H groups in total. The Hall–Kier alpha value is -3.71. The SMILES string of the molecule is O=C(NO)c1noc2c1CN(C(=O)C(=Cc1ccccc1)c1ccccc1)CC2. The van der Waals surface area contributed by atoms with E-state index in [2.05, 4.69) is 5.16 Å². The van der Waals surface area contributed by atoms with Crippen LogP contribution in [0.2, 0.25) is 0 Å². The van der Waals surface area contributed by atoms with E-state index in [1.165, 1.54) is 0 Å². The first-order chi connectivity index (χ1) is 14.2. The van der Waals surface area contributed by atoms with Gasteiger partial charge in [0.2, 0.25) is 0 Å². The second-order valence-corrected chi connectivity index (χ2v) is 6.69. The van der Waals surface area contributed by atoms with E-state index >= 15 is 0 Å². The molecule has 7 heteroatoms. The van der Waals surface area contributed by atoms with Gasteiger partial charge in [-0.05, 0) is 17.2 Å². The maximum atomic E-state index is 13.4. The van der Waals surface area contributed by atoms with Crippen molar-refractivity contribution in [2.24, 2.45) is 0 Å². The Morgan fingerprint density at radius 2 is 1.76 bits per heavy atom. The molecule has 0 fully saturated rings. The van der Waals surface area contributed by atoms with Gasteiger partial charge >= 0.3 is 0 Å². The lowest BCUT2D eigenvalue weighted by Gasteiger charge is -2.27. The van der Waals surface area contributed by atoms with Gasteiger partial charge in [0.25, 0.3) is 11.8 Å². The number of amides is 2. The van der Waals surface area contributed by atoms with Crippen LogP contribution in [0.5, 0.6) is 0 Å². The first-order valence-electron chi connectivity index (χ1n) is 9.20. The van der Waals surface area contributed by atoms with Crippen LogP contribution >= 0.6 is 0 Å². The van der Waals surface area contributed by atoms with Gasteiger partial charge < -0.3 is 9.42 Å². The van der Waals surface area contributed by atoms with Crippen molar-refractivity contribution in [2.75, 3.05) is 6.54 Å². The van der Waals surface area contributed by atoms with E-state index in [0.717, 1.165) is 11.1 Å². The van der Waals surface area contributed by atoms with Crippen molar-refractivity contribution in [3.05, 3.63) is 88.8 Å². The Bertz CT molecular complexity index is 1060. The van der Waals surface area contributed by atoms with Crippen LogP contribution in [0.25, 0.3) is 11.6 Å². The lowest BCUT2D eigenvalue weighted by Crippen LogP contribution is -2.37. The summed E-state index contributed by atoms with van der Waals surface area (Å²) in [5.74, 6) is -0.351. The highest BCUT2D eigenvalue weighted by Crippen LogP contribution is 2.27. The van der Waals surface area contributed by atoms with Gasteiger partial charge in [0, 0.05) is 24.1 Å². The fraction of sp³-hybridized carbons (Fsp3) is 0.136. The lowest BCUT2D eigenvalue weighted by molar-refractivity contribution is -0.125. The first-order valence-corrected chi connectivity index (χ1v) is 9.20. The van der Waals surface area contributed by atoms with E-state index in [1.807, 2.05) is 66.7 Å². The summed E-state index contributed by atoms with van der Waals surface area (Å²) in [6, 6.07) is 19.1. The van der Waals surface area contributed by atoms with Crippen LogP contribution in [0.4, 0.5) is 0 Å². The van der Waals surface area contributed by atoms with Gasteiger partial charge in [0.05, 0.1) is 6.54 Å². The second-order valence-electron chi connectivity index (χ2n) is 6.69. The molecule has 2 heterocycles. The molecule has 146 valence electrons. The summed E-state index contributed by atoms with van der Waals surface area (Å²) in [4.78, 5) is 26.9. The van der Waals surface area contributed by atoms with Gasteiger partial charge in [-0.2, -0.15) is 0 Å². The molecule has 2 amide bonds. The second kappa shape index (κ2) is 8.12. The molecule has 0 spiro atoms. The molecule has 3 aromatic rings. The molecule has 0 bridgehead atoms. The van der Waals surface area contributed by atoms with E-state index in [-0.39, 0.29) is 18.1 Å². The molecule has 0 aliphatic carbocycles. The predicted octanol–water partition coefficient (Wildman–Crippen LogP) is 2.92. The van der Waals surface area contributed by atoms with E-state index < -0.39 is 5.91 Å². The maximum Gasteiger partial charge on any atom is 0.297 e. The van der Waals surface area contributed by atoms with Crippen LogP contribution in [-0.2, 0) is 17.8 Å². The van der Waals surface area contributed by atoms with Crippen LogP contribution in [0.1, 0.15) is 32.9 Å². The molecule has 7 nitrogen and oxygen atoms in total. The lowest BCUT2D eigenvalue weighted by atomic mass is 9.99. The number of carbonyl (C=O) groups is 2. The number of rotatable bonds is 4. The molecule has 4 rings (SSSR count). The summed E-state index contributed by atoms with van der Waals surface area (Å²) in [5.41, 5.74) is 4.37. The molecule has 0 unspecified atom stereocenters. The van der Waals surface area contributed by atoms with Crippen molar-refractivity contribution in [2.45, 2.75) is 13.0 Å². The molecule has 0 atom stereocenters. The van der Waals surface area contributed by atoms with Crippen LogP contribution in [0, 0.1) is 0 Å². The Kier molecular flexibility index (Phi) is 5.22. The van der Waals surface area contributed by atoms with E-state index in [9.17, 15) is 9.59 Å². The highest BCUT2D eigenvalue weighted by Gasteiger charge is 2.31. The Morgan fingerprint density at radius 3 is 2.45 bits per heavy atom. The molecular weight excluding hydrogens is 370 g/mol. The predicted molar refractivity (Wildman–Crippen MR) is 106 cm³/mol. The van der Waals surface area contributed by atoms with Crippen LogP contribution in [-0.4, -0.2) is 33.6 Å². The van der Waals surface area contributed by atoms with Crippen LogP contribution in [0.15, 0.2) is 65.2 Å². The summed E-state index contributed by atoms with van der Waals surface area (Å²) in [7, 11) is 0. The van der Waals surface area contributed by atoms with Gasteiger partial charge in [-0.15, -0.1) is 0 Å². The zero-order chi connectivity index (χ0) is 20.2. The normalized spacial score (nSPS) is 13.7. The molecule has 29 heavy (non-hydrogen) atoms. The van der Waals surface area contributed by atoms with Gasteiger partial charge in [-0.25, -0.2) is 5.48 Å². The highest BCUT2D eigenvalue weighted by molar-refractivity contribution is 6.24. The molecule has 0 radical (unpaired) electrons. The Morgan fingerprint density at radius 1 is 1.07 bits per heavy atom. The molecule has 0 saturated heterocycles. The number of carbonyl (C=O) groups excluding carboxylic acids is 2. The van der Waals surface area contributed by atoms with Crippen LogP contribution in [0.3, 0.4) is 0 Å². The van der Waals surface area contributed by atoms with Gasteiger partial charge in [0.15, 0.2) is 5.69 Å². The monoisotopic (exact) mass is 389 g/mol. The minimum Gasteiger partial charge on any atom is -0.360 e. The molecule has 2 aromatic carbocycles. The van der Waals surface area contributed by atoms with Gasteiger partial charge in [0.1, 0.15) is 5.76 Å². The van der Waals surface area contributed by atoms with Gasteiger partial charge in [-0.3, -0.25) is 14.8 Å². The first kappa shape index (κ1) is 18.6. The van der Waals surface area contributed by atoms with Crippen molar-refractivity contribution in [3.8, 4) is 0 Å². The number of fused-ring (bicyclic) bond motifs is 1. The average molecular weight is 389 g/mol. The number of nitrogens with zero attached hydrogens (tertiary/aromatic N) is 2. The van der Waals surface area contributed by atoms with Crippen molar-refractivity contribution in [3.63, 3.8) is 0 Å². The van der Waals surface area contributed by atoms with E-state index in [1.54, 1.807) is 10.4 Å². The molecule has 0 saturated carbocycles. The molecular formula is C22H19N3O4. The number of aromatic nitrogens is 1. The Balaban J connectivity index is 1.68. The standard InChI is InChI=1S/C22H19N3O4/c26-21(23-28)20-18-14-25(12-11-19(18)29-24-20)22(27)17(16-9-5-2-6-10-16)13-15-7-3-1-4-8-15/h1-10,13,28H,11-12,14H2,(H,23,26). The van der Waals surface area contributed by atoms with Crippen molar-refractivity contribution in [1.29, 1.82) is 0 Å². The topological polar surface area (TPSA) is 95.7 Å².